The molecule has 0 amide bonds. The number of rotatable bonds is 3. The van der Waals surface area contributed by atoms with Gasteiger partial charge < -0.3 is 0 Å². The van der Waals surface area contributed by atoms with Crippen LogP contribution in [-0.2, 0) is 0 Å². The van der Waals surface area contributed by atoms with Gasteiger partial charge in [-0.25, -0.2) is 0 Å². The average Bonchev–Trinajstić information content (AvgIpc) is 2.70. The van der Waals surface area contributed by atoms with Gasteiger partial charge in [-0.15, -0.1) is 0 Å². The Hall–Kier alpha value is 0. The number of fused-ring (bicyclic) bond motifs is 1. The largest absolute Gasteiger partial charge is 0.0628 e. The van der Waals surface area contributed by atoms with Crippen LogP contribution in [0.5, 0.6) is 0 Å². The standard InChI is InChI=1S/C11H20/c1-7(2)5-8(3)11-6-10(11)9(11)4/h7-10H,5-6H2,1-4H3. The molecule has 11 heavy (non-hydrogen) atoms. The fraction of sp³-hybridized carbons (Fsp3) is 1.00. The molecule has 0 heteroatoms. The van der Waals surface area contributed by atoms with Crippen LogP contribution in [0.4, 0.5) is 0 Å². The Morgan fingerprint density at radius 2 is 1.91 bits per heavy atom. The van der Waals surface area contributed by atoms with Gasteiger partial charge in [0.25, 0.3) is 0 Å². The molecule has 2 aliphatic rings. The van der Waals surface area contributed by atoms with Crippen LogP contribution >= 0.6 is 0 Å². The van der Waals surface area contributed by atoms with Crippen LogP contribution in [0, 0.1) is 29.1 Å². The third-order valence-corrected chi connectivity index (χ3v) is 4.19. The van der Waals surface area contributed by atoms with Crippen LogP contribution < -0.4 is 0 Å². The Bertz CT molecular complexity index is 165. The van der Waals surface area contributed by atoms with Crippen LogP contribution in [0.15, 0.2) is 0 Å². The summed E-state index contributed by atoms with van der Waals surface area (Å²) in [6.45, 7) is 9.59. The first-order valence-electron chi connectivity index (χ1n) is 5.09. The lowest BCUT2D eigenvalue weighted by atomic mass is 9.87. The topological polar surface area (TPSA) is 0 Å². The van der Waals surface area contributed by atoms with E-state index in [4.69, 9.17) is 0 Å². The molecule has 2 rings (SSSR count). The monoisotopic (exact) mass is 152 g/mol. The van der Waals surface area contributed by atoms with E-state index in [1.54, 1.807) is 6.42 Å². The highest BCUT2D eigenvalue weighted by Crippen LogP contribution is 2.83. The van der Waals surface area contributed by atoms with Crippen molar-refractivity contribution in [1.29, 1.82) is 0 Å². The second-order valence-corrected chi connectivity index (χ2v) is 5.24. The maximum absolute atomic E-state index is 2.46. The molecule has 0 N–H and O–H groups in total. The molecule has 0 saturated heterocycles. The Morgan fingerprint density at radius 1 is 1.36 bits per heavy atom. The zero-order valence-corrected chi connectivity index (χ0v) is 8.22. The fourth-order valence-corrected chi connectivity index (χ4v) is 3.22. The van der Waals surface area contributed by atoms with Crippen LogP contribution in [0.1, 0.15) is 40.5 Å². The molecule has 0 nitrogen and oxygen atoms in total. The quantitative estimate of drug-likeness (QED) is 0.582. The highest BCUT2D eigenvalue weighted by molar-refractivity contribution is 5.25. The molecule has 2 aliphatic carbocycles. The van der Waals surface area contributed by atoms with Crippen molar-refractivity contribution in [3.8, 4) is 0 Å². The Kier molecular flexibility index (Phi) is 1.41. The third kappa shape index (κ3) is 0.878. The highest BCUT2D eigenvalue weighted by Gasteiger charge is 2.77. The van der Waals surface area contributed by atoms with Crippen molar-refractivity contribution in [3.05, 3.63) is 0 Å². The van der Waals surface area contributed by atoms with Gasteiger partial charge in [-0.05, 0) is 41.9 Å². The molecule has 0 aromatic rings. The lowest BCUT2D eigenvalue weighted by Crippen LogP contribution is -2.10. The predicted molar refractivity (Wildman–Crippen MR) is 48.3 cm³/mol. The second kappa shape index (κ2) is 2.02. The van der Waals surface area contributed by atoms with E-state index >= 15 is 0 Å². The summed E-state index contributed by atoms with van der Waals surface area (Å²) < 4.78 is 0. The summed E-state index contributed by atoms with van der Waals surface area (Å²) in [5, 5.41) is 0. The van der Waals surface area contributed by atoms with Crippen LogP contribution in [0.2, 0.25) is 0 Å². The summed E-state index contributed by atoms with van der Waals surface area (Å²) in [5.41, 5.74) is 0.865. The van der Waals surface area contributed by atoms with Crippen molar-refractivity contribution in [2.45, 2.75) is 40.5 Å². The molecule has 2 saturated carbocycles. The molecular formula is C11H20. The van der Waals surface area contributed by atoms with E-state index in [2.05, 4.69) is 27.7 Å². The van der Waals surface area contributed by atoms with E-state index in [-0.39, 0.29) is 0 Å². The SMILES string of the molecule is CC(C)CC(C)C12CC1C2C. The summed E-state index contributed by atoms with van der Waals surface area (Å²) in [7, 11) is 0. The van der Waals surface area contributed by atoms with E-state index in [0.717, 1.165) is 29.1 Å². The minimum atomic E-state index is 0.865. The Labute approximate surface area is 70.4 Å². The maximum Gasteiger partial charge on any atom is -0.0209 e. The van der Waals surface area contributed by atoms with E-state index in [0.29, 0.717) is 0 Å². The molecule has 4 unspecified atom stereocenters. The smallest absolute Gasteiger partial charge is 0.0209 e. The van der Waals surface area contributed by atoms with Crippen LogP contribution in [0.25, 0.3) is 0 Å². The molecule has 0 radical (unpaired) electrons. The van der Waals surface area contributed by atoms with Crippen molar-refractivity contribution < 1.29 is 0 Å². The summed E-state index contributed by atoms with van der Waals surface area (Å²) in [6.07, 6.45) is 3.00. The van der Waals surface area contributed by atoms with Gasteiger partial charge in [0.1, 0.15) is 0 Å². The van der Waals surface area contributed by atoms with Crippen LogP contribution in [0.3, 0.4) is 0 Å². The van der Waals surface area contributed by atoms with Gasteiger partial charge in [-0.3, -0.25) is 0 Å². The summed E-state index contributed by atoms with van der Waals surface area (Å²) in [6, 6.07) is 0. The molecule has 0 spiro atoms. The van der Waals surface area contributed by atoms with E-state index in [1.165, 1.54) is 6.42 Å². The zero-order valence-electron chi connectivity index (χ0n) is 8.22. The molecule has 0 bridgehead atoms. The van der Waals surface area contributed by atoms with Crippen molar-refractivity contribution in [1.82, 2.24) is 0 Å². The van der Waals surface area contributed by atoms with Gasteiger partial charge in [0.05, 0.1) is 0 Å². The molecule has 64 valence electrons. The Morgan fingerprint density at radius 3 is 2.18 bits per heavy atom. The molecule has 0 aromatic carbocycles. The van der Waals surface area contributed by atoms with Gasteiger partial charge in [-0.1, -0.05) is 27.7 Å². The number of hydrogen-bond donors (Lipinski definition) is 0. The minimum Gasteiger partial charge on any atom is -0.0628 e. The predicted octanol–water partition coefficient (Wildman–Crippen LogP) is 3.32. The second-order valence-electron chi connectivity index (χ2n) is 5.24. The van der Waals surface area contributed by atoms with Gasteiger partial charge in [0.2, 0.25) is 0 Å². The van der Waals surface area contributed by atoms with Crippen molar-refractivity contribution in [2.24, 2.45) is 29.1 Å². The van der Waals surface area contributed by atoms with Gasteiger partial charge in [-0.2, -0.15) is 0 Å². The van der Waals surface area contributed by atoms with Crippen molar-refractivity contribution in [2.75, 3.05) is 0 Å². The molecule has 0 heterocycles. The van der Waals surface area contributed by atoms with Gasteiger partial charge in [0, 0.05) is 0 Å². The summed E-state index contributed by atoms with van der Waals surface area (Å²) >= 11 is 0. The molecule has 0 aliphatic heterocycles. The lowest BCUT2D eigenvalue weighted by Gasteiger charge is -2.18. The number of hydrogen-bond acceptors (Lipinski definition) is 0. The summed E-state index contributed by atoms with van der Waals surface area (Å²) in [5.74, 6) is 4.13. The Balaban J connectivity index is 1.87. The first kappa shape index (κ1) is 7.64. The normalized spacial score (nSPS) is 48.8. The van der Waals surface area contributed by atoms with Gasteiger partial charge >= 0.3 is 0 Å². The molecule has 4 atom stereocenters. The lowest BCUT2D eigenvalue weighted by molar-refractivity contribution is 0.310. The summed E-state index contributed by atoms with van der Waals surface area (Å²) in [4.78, 5) is 0. The molecule has 2 fully saturated rings. The minimum absolute atomic E-state index is 0.865. The van der Waals surface area contributed by atoms with Crippen molar-refractivity contribution in [3.63, 3.8) is 0 Å². The fourth-order valence-electron chi connectivity index (χ4n) is 3.22. The van der Waals surface area contributed by atoms with Crippen molar-refractivity contribution >= 4 is 0 Å². The molecular weight excluding hydrogens is 132 g/mol. The highest BCUT2D eigenvalue weighted by atomic mass is 14.8. The first-order valence-corrected chi connectivity index (χ1v) is 5.09. The average molecular weight is 152 g/mol. The van der Waals surface area contributed by atoms with E-state index in [9.17, 15) is 0 Å². The first-order chi connectivity index (χ1) is 5.09. The van der Waals surface area contributed by atoms with E-state index in [1.807, 2.05) is 0 Å². The van der Waals surface area contributed by atoms with Gasteiger partial charge in [0.15, 0.2) is 0 Å². The zero-order chi connectivity index (χ0) is 8.22. The maximum atomic E-state index is 2.46. The third-order valence-electron chi connectivity index (χ3n) is 4.19. The molecule has 0 aromatic heterocycles. The van der Waals surface area contributed by atoms with Crippen LogP contribution in [-0.4, -0.2) is 0 Å². The van der Waals surface area contributed by atoms with E-state index < -0.39 is 0 Å².